The molecule has 3 atom stereocenters. The zero-order valence-electron chi connectivity index (χ0n) is 33.1. The van der Waals surface area contributed by atoms with E-state index < -0.39 is 32.2 Å². The lowest BCUT2D eigenvalue weighted by atomic mass is 9.94. The van der Waals surface area contributed by atoms with Crippen LogP contribution in [0.4, 0.5) is 19.0 Å². The van der Waals surface area contributed by atoms with E-state index in [4.69, 9.17) is 16.1 Å². The van der Waals surface area contributed by atoms with Crippen LogP contribution in [-0.4, -0.2) is 77.5 Å². The van der Waals surface area contributed by atoms with Gasteiger partial charge in [0.25, 0.3) is 0 Å². The molecule has 2 aromatic heterocycles. The van der Waals surface area contributed by atoms with Crippen molar-refractivity contribution in [1.29, 1.82) is 0 Å². The summed E-state index contributed by atoms with van der Waals surface area (Å²) in [5, 5.41) is 12.5. The van der Waals surface area contributed by atoms with Gasteiger partial charge in [-0.25, -0.2) is 18.2 Å². The van der Waals surface area contributed by atoms with Crippen molar-refractivity contribution in [3.8, 4) is 23.0 Å². The first-order valence-corrected chi connectivity index (χ1v) is 21.8. The van der Waals surface area contributed by atoms with Crippen LogP contribution in [0.5, 0.6) is 11.8 Å². The van der Waals surface area contributed by atoms with E-state index in [1.54, 1.807) is 19.1 Å². The highest BCUT2D eigenvalue weighted by Gasteiger charge is 2.49. The van der Waals surface area contributed by atoms with Crippen LogP contribution in [0.25, 0.3) is 32.9 Å². The summed E-state index contributed by atoms with van der Waals surface area (Å²) in [6.07, 6.45) is 5.97. The number of alkyl halides is 1. The average molecular weight is 747 g/mol. The Kier molecular flexibility index (Phi) is 9.93. The molecule has 3 aliphatic heterocycles. The van der Waals surface area contributed by atoms with Crippen LogP contribution in [0.1, 0.15) is 79.9 Å². The van der Waals surface area contributed by atoms with Gasteiger partial charge in [0, 0.05) is 31.6 Å². The highest BCUT2D eigenvalue weighted by molar-refractivity contribution is 6.83. The molecule has 53 heavy (non-hydrogen) atoms. The number of hydrogen-bond acceptors (Lipinski definition) is 7. The van der Waals surface area contributed by atoms with Crippen molar-refractivity contribution in [2.75, 3.05) is 37.7 Å². The highest BCUT2D eigenvalue weighted by atomic mass is 28.3. The fourth-order valence-electron chi connectivity index (χ4n) is 10.2. The first-order chi connectivity index (χ1) is 25.7. The molecule has 2 fully saturated rings. The Morgan fingerprint density at radius 1 is 1.02 bits per heavy atom. The van der Waals surface area contributed by atoms with Crippen LogP contribution in [0, 0.1) is 18.6 Å². The van der Waals surface area contributed by atoms with Crippen LogP contribution in [0.15, 0.2) is 36.4 Å². The first kappa shape index (κ1) is 36.3. The van der Waals surface area contributed by atoms with Gasteiger partial charge in [-0.3, -0.25) is 4.90 Å². The predicted molar refractivity (Wildman–Crippen MR) is 211 cm³/mol. The van der Waals surface area contributed by atoms with Crippen LogP contribution in [0.2, 0.25) is 22.7 Å². The van der Waals surface area contributed by atoms with Crippen molar-refractivity contribution in [3.63, 3.8) is 0 Å². The molecule has 0 unspecified atom stereocenters. The summed E-state index contributed by atoms with van der Waals surface area (Å²) < 4.78 is 63.6. The Morgan fingerprint density at radius 2 is 1.77 bits per heavy atom. The fraction of sp³-hybridized carbons (Fsp3) is 0.548. The van der Waals surface area contributed by atoms with Gasteiger partial charge < -0.3 is 14.7 Å². The third-order valence-corrected chi connectivity index (χ3v) is 20.3. The van der Waals surface area contributed by atoms with Gasteiger partial charge in [-0.2, -0.15) is 9.97 Å². The van der Waals surface area contributed by atoms with Gasteiger partial charge in [0.05, 0.1) is 26.1 Å². The fourth-order valence-corrected chi connectivity index (χ4v) is 16.6. The predicted octanol–water partition coefficient (Wildman–Crippen LogP) is 10.1. The van der Waals surface area contributed by atoms with Crippen molar-refractivity contribution in [3.05, 3.63) is 59.3 Å². The monoisotopic (exact) mass is 746 g/mol. The number of benzene rings is 2. The van der Waals surface area contributed by atoms with Gasteiger partial charge in [-0.1, -0.05) is 82.4 Å². The Hall–Kier alpha value is -3.70. The molecular weight excluding hydrogens is 692 g/mol. The molecule has 4 aromatic rings. The van der Waals surface area contributed by atoms with Gasteiger partial charge in [0.2, 0.25) is 0 Å². The Labute approximate surface area is 314 Å². The molecule has 7 rings (SSSR count). The number of pyridine rings is 1. The molecule has 0 spiro atoms. The lowest BCUT2D eigenvalue weighted by Crippen LogP contribution is -2.44. The number of aryl methyl sites for hydroxylation is 2. The maximum absolute atomic E-state index is 17.4. The number of rotatable bonds is 11. The van der Waals surface area contributed by atoms with Crippen molar-refractivity contribution in [1.82, 2.24) is 19.9 Å². The summed E-state index contributed by atoms with van der Waals surface area (Å²) in [7, 11) is -1.93. The maximum atomic E-state index is 17.4. The van der Waals surface area contributed by atoms with Crippen molar-refractivity contribution < 1.29 is 24.4 Å². The molecule has 7 nitrogen and oxygen atoms in total. The number of aromatic hydroxyl groups is 1. The van der Waals surface area contributed by atoms with Gasteiger partial charge >= 0.3 is 6.01 Å². The number of ether oxygens (including phenoxy) is 1. The van der Waals surface area contributed by atoms with E-state index in [1.165, 1.54) is 12.1 Å². The second-order valence-electron chi connectivity index (χ2n) is 16.5. The van der Waals surface area contributed by atoms with Crippen molar-refractivity contribution in [2.24, 2.45) is 0 Å². The van der Waals surface area contributed by atoms with Gasteiger partial charge in [-0.15, -0.1) is 0 Å². The van der Waals surface area contributed by atoms with E-state index in [1.807, 2.05) is 15.9 Å². The van der Waals surface area contributed by atoms with Crippen LogP contribution in [0.3, 0.4) is 0 Å². The van der Waals surface area contributed by atoms with Gasteiger partial charge in [0.1, 0.15) is 41.3 Å². The number of nitrogens with zero attached hydrogens (tertiary/aromatic N) is 5. The Morgan fingerprint density at radius 3 is 2.47 bits per heavy atom. The molecule has 2 saturated heterocycles. The smallest absolute Gasteiger partial charge is 0.319 e. The Balaban J connectivity index is 1.40. The highest BCUT2D eigenvalue weighted by Crippen LogP contribution is 2.47. The normalized spacial score (nSPS) is 21.8. The third kappa shape index (κ3) is 6.59. The summed E-state index contributed by atoms with van der Waals surface area (Å²) in [5.41, 5.74) is 1.80. The quantitative estimate of drug-likeness (QED) is 0.121. The van der Waals surface area contributed by atoms with Crippen LogP contribution < -0.4 is 9.64 Å². The van der Waals surface area contributed by atoms with E-state index in [-0.39, 0.29) is 47.3 Å². The Bertz CT molecular complexity index is 2080. The zero-order valence-corrected chi connectivity index (χ0v) is 33.1. The molecule has 3 aliphatic rings. The number of phenols is 1. The summed E-state index contributed by atoms with van der Waals surface area (Å²) in [6.45, 7) is 16.5. The molecule has 0 amide bonds. The molecular formula is C42H54F3N5O2Si. The minimum atomic E-state index is -1.93. The number of halogens is 3. The van der Waals surface area contributed by atoms with Gasteiger partial charge in [0.15, 0.2) is 5.82 Å². The molecule has 0 saturated carbocycles. The van der Waals surface area contributed by atoms with E-state index in [0.29, 0.717) is 82.3 Å². The van der Waals surface area contributed by atoms with E-state index in [0.717, 1.165) is 18.9 Å². The number of hydrogen-bond donors (Lipinski definition) is 1. The lowest BCUT2D eigenvalue weighted by molar-refractivity contribution is 0.107. The first-order valence-electron chi connectivity index (χ1n) is 20.0. The van der Waals surface area contributed by atoms with Crippen molar-refractivity contribution in [2.45, 2.75) is 115 Å². The zero-order chi connectivity index (χ0) is 38.7. The maximum Gasteiger partial charge on any atom is 0.319 e. The molecule has 284 valence electrons. The summed E-state index contributed by atoms with van der Waals surface area (Å²) in [6, 6.07) is 6.83. The van der Waals surface area contributed by atoms with Crippen molar-refractivity contribution >= 4 is 35.6 Å². The molecule has 11 heteroatoms. The number of aromatic nitrogens is 3. The molecule has 0 radical (unpaired) electrons. The van der Waals surface area contributed by atoms with Crippen LogP contribution >= 0.6 is 0 Å². The number of anilines is 1. The minimum Gasteiger partial charge on any atom is -0.508 e. The van der Waals surface area contributed by atoms with E-state index in [9.17, 15) is 9.50 Å². The molecule has 2 aromatic carbocycles. The molecule has 0 bridgehead atoms. The SMILES string of the molecule is [2H][C@H](Oc1nc(N2CC=CCC2)c2c(C)nc(-c3cc(O)cc4ccc(F)c(CC[Si](C(C)C)(C(C)C)C(C)C)c34)c(F)c2n1)[C@@]12CCCN1C[C@H](F)C2. The summed E-state index contributed by atoms with van der Waals surface area (Å²) in [4.78, 5) is 18.3. The molecule has 5 heterocycles. The second-order valence-corrected chi connectivity index (χ2v) is 22.7. The second kappa shape index (κ2) is 14.5. The van der Waals surface area contributed by atoms with Crippen LogP contribution in [-0.2, 0) is 6.42 Å². The third-order valence-electron chi connectivity index (χ3n) is 12.8. The van der Waals surface area contributed by atoms with E-state index in [2.05, 4.69) is 52.6 Å². The molecule has 0 aliphatic carbocycles. The van der Waals surface area contributed by atoms with E-state index >= 15 is 8.78 Å². The topological polar surface area (TPSA) is 74.6 Å². The minimum absolute atomic E-state index is 0.0323. The summed E-state index contributed by atoms with van der Waals surface area (Å²) in [5.74, 6) is -0.755. The molecule has 1 N–H and O–H groups in total. The number of phenolic OH excluding ortho intramolecular Hbond substituents is 1. The largest absolute Gasteiger partial charge is 0.508 e. The average Bonchev–Trinajstić information content (AvgIpc) is 3.67. The lowest BCUT2D eigenvalue weighted by Gasteiger charge is -2.43. The number of fused-ring (bicyclic) bond motifs is 3. The summed E-state index contributed by atoms with van der Waals surface area (Å²) >= 11 is 0. The standard InChI is InChI=1S/C42H54F3N5O2Si/c1-25(2)53(26(3)4,27(5)6)19-14-32-34(44)13-12-29-20-31(51)21-33(36(29)32)38-37(45)39-35(28(7)46-38)40(49-16-9-8-10-17-49)48-41(47-39)52-24-42-15-11-18-50(42)23-30(43)22-42/h8-9,12-13,20-21,25-27,30,51H,10-11,14-19,22-24H2,1-7H3/t30-,42+/m1/s1/i24D/t24-,30+,42-/m0. The van der Waals surface area contributed by atoms with Gasteiger partial charge in [-0.05, 0) is 73.7 Å².